The van der Waals surface area contributed by atoms with E-state index in [-0.39, 0.29) is 69.4 Å². The Hall–Kier alpha value is -8.23. The van der Waals surface area contributed by atoms with Gasteiger partial charge in [0.2, 0.25) is 0 Å². The van der Waals surface area contributed by atoms with Crippen molar-refractivity contribution in [2.24, 2.45) is 0 Å². The molecule has 10 aromatic carbocycles. The molecule has 0 fully saturated rings. The molecule has 10 aromatic rings. The molecule has 102 heavy (non-hydrogen) atoms. The first kappa shape index (κ1) is 84.4. The zero-order chi connectivity index (χ0) is 75.2. The molecule has 0 amide bonds. The summed E-state index contributed by atoms with van der Waals surface area (Å²) in [5.74, 6) is -25.0. The number of nitriles is 1. The Bertz CT molecular complexity index is 4050. The quantitative estimate of drug-likeness (QED) is 0.0195. The van der Waals surface area contributed by atoms with E-state index in [9.17, 15) is 69.0 Å². The van der Waals surface area contributed by atoms with Crippen molar-refractivity contribution >= 4 is 149 Å². The fraction of sp³-hybridized carbons (Fsp3) is 0.118. The Morgan fingerprint density at radius 3 is 0.922 bits per heavy atom. The zero-order valence-electron chi connectivity index (χ0n) is 53.7. The highest BCUT2D eigenvalue weighted by atomic mass is 127. The van der Waals surface area contributed by atoms with Crippen LogP contribution in [-0.4, -0.2) is 70.4 Å². The van der Waals surface area contributed by atoms with E-state index in [1.54, 1.807) is 30.3 Å². The standard InChI is InChI=1S/C19H12F4I2O5.2C18H15S.C12H10F4O4.C7H4I2O2.C2H3N/c1-18(20,21)19(22,23)17(28)29-9-10-2-4-12(5-3-10)16(27)30-15-13(24)6-11(8-26)7-14(15)25;2*1-4-10-16(11-5-1)19(17-12-6-2-7-13-17)18-14-8-3-9-15-18;1-11(13,14)12(15,16)10(19)20-6-7-2-4-8(5-3-7)9(17)18;8-5-1-4(3-10)2-6(9)7(5)11;1-2-3/h2-8H,9H2,1H3;2*1-15H;2-5H,6H2,1H3,(H,17,18);1-3,11H;1H3/q;2*+1;;;. The van der Waals surface area contributed by atoms with Crippen LogP contribution in [-0.2, 0) is 54.1 Å². The van der Waals surface area contributed by atoms with E-state index in [0.717, 1.165) is 18.4 Å². The lowest BCUT2D eigenvalue weighted by Crippen LogP contribution is -2.45. The zero-order valence-corrected chi connectivity index (χ0v) is 63.9. The number of hydrogen-bond donors (Lipinski definition) is 2. The number of phenolic OH excluding ortho intramolecular Hbond substituents is 1. The first-order valence-electron chi connectivity index (χ1n) is 29.5. The van der Waals surface area contributed by atoms with Crippen molar-refractivity contribution in [1.29, 1.82) is 5.26 Å². The third kappa shape index (κ3) is 25.6. The van der Waals surface area contributed by atoms with Gasteiger partial charge in [-0.15, -0.1) is 0 Å². The normalized spacial score (nSPS) is 10.9. The summed E-state index contributed by atoms with van der Waals surface area (Å²) in [5, 5.41) is 25.2. The third-order valence-electron chi connectivity index (χ3n) is 13.1. The highest BCUT2D eigenvalue weighted by Gasteiger charge is 2.61. The number of carboxylic acid groups (broad SMARTS) is 1. The molecule has 0 aromatic heterocycles. The van der Waals surface area contributed by atoms with Gasteiger partial charge in [-0.3, -0.25) is 9.59 Å². The minimum Gasteiger partial charge on any atom is -0.506 e. The highest BCUT2D eigenvalue weighted by Crippen LogP contribution is 2.38. The molecule has 0 spiro atoms. The van der Waals surface area contributed by atoms with Crippen molar-refractivity contribution in [3.8, 4) is 17.6 Å². The van der Waals surface area contributed by atoms with Crippen molar-refractivity contribution in [3.63, 3.8) is 0 Å². The van der Waals surface area contributed by atoms with Gasteiger partial charge in [-0.25, -0.2) is 19.2 Å². The van der Waals surface area contributed by atoms with Crippen molar-refractivity contribution in [2.75, 3.05) is 0 Å². The number of hydrogen-bond acceptors (Lipinski definition) is 11. The van der Waals surface area contributed by atoms with Crippen molar-refractivity contribution < 1.29 is 88.3 Å². The lowest BCUT2D eigenvalue weighted by atomic mass is 10.1. The molecule has 0 unspecified atom stereocenters. The number of nitrogens with zero attached hydrogens (tertiary/aromatic N) is 1. The number of rotatable bonds is 19. The smallest absolute Gasteiger partial charge is 0.404 e. The van der Waals surface area contributed by atoms with E-state index in [1.165, 1.54) is 72.7 Å². The average molecular weight is 1890 g/mol. The number of carboxylic acids is 1. The second kappa shape index (κ2) is 41.2. The van der Waals surface area contributed by atoms with Gasteiger partial charge in [0.1, 0.15) is 31.5 Å². The molecule has 0 atom stereocenters. The van der Waals surface area contributed by atoms with Gasteiger partial charge in [0.05, 0.1) is 53.3 Å². The van der Waals surface area contributed by atoms with E-state index in [4.69, 9.17) is 15.1 Å². The molecule has 0 radical (unpaired) electrons. The van der Waals surface area contributed by atoms with Gasteiger partial charge in [-0.05, 0) is 223 Å². The second-order valence-corrected chi connectivity index (χ2v) is 29.5. The summed E-state index contributed by atoms with van der Waals surface area (Å²) in [6.45, 7) is -0.0768. The van der Waals surface area contributed by atoms with Crippen LogP contribution in [0.15, 0.2) is 284 Å². The lowest BCUT2D eigenvalue weighted by Gasteiger charge is -2.21. The van der Waals surface area contributed by atoms with Crippen molar-refractivity contribution in [3.05, 3.63) is 302 Å². The number of alkyl halides is 8. The molecule has 26 heteroatoms. The lowest BCUT2D eigenvalue weighted by molar-refractivity contribution is -0.223. The van der Waals surface area contributed by atoms with Crippen LogP contribution in [0.4, 0.5) is 35.1 Å². The Kier molecular flexibility index (Phi) is 34.1. The van der Waals surface area contributed by atoms with Crippen LogP contribution >= 0.6 is 90.4 Å². The molecule has 0 aliphatic rings. The van der Waals surface area contributed by atoms with Gasteiger partial charge in [0, 0.05) is 31.9 Å². The van der Waals surface area contributed by atoms with E-state index in [1.807, 2.05) is 90.4 Å². The van der Waals surface area contributed by atoms with Crippen LogP contribution in [0.2, 0.25) is 0 Å². The summed E-state index contributed by atoms with van der Waals surface area (Å²) in [4.78, 5) is 74.4. The van der Waals surface area contributed by atoms with Gasteiger partial charge in [0.15, 0.2) is 35.1 Å². The molecule has 12 nitrogen and oxygen atoms in total. The van der Waals surface area contributed by atoms with Crippen LogP contribution in [0.1, 0.15) is 73.3 Å². The molecule has 0 saturated heterocycles. The fourth-order valence-corrected chi connectivity index (χ4v) is 16.1. The summed E-state index contributed by atoms with van der Waals surface area (Å²) < 4.78 is 119. The number of aromatic carboxylic acids is 1. The van der Waals surface area contributed by atoms with Gasteiger partial charge >= 0.3 is 47.6 Å². The summed E-state index contributed by atoms with van der Waals surface area (Å²) in [6, 6.07) is 82.4. The molecule has 0 bridgehead atoms. The number of ether oxygens (including phenoxy) is 3. The summed E-state index contributed by atoms with van der Waals surface area (Å²) in [5.41, 5.74) is 1.48. The van der Waals surface area contributed by atoms with E-state index in [0.29, 0.717) is 31.7 Å². The molecule has 0 saturated carbocycles. The molecule has 528 valence electrons. The minimum absolute atomic E-state index is 0.0146. The Labute approximate surface area is 643 Å². The van der Waals surface area contributed by atoms with E-state index >= 15 is 0 Å². The number of aldehydes is 2. The first-order chi connectivity index (χ1) is 48.4. The number of aromatic hydroxyl groups is 1. The molecule has 0 heterocycles. The first-order valence-corrected chi connectivity index (χ1v) is 36.3. The SMILES string of the molecule is CC#N.CC(F)(F)C(F)(F)C(=O)OCc1ccc(C(=O)O)cc1.CC(F)(F)C(F)(F)C(=O)OCc1ccc(C(=O)Oc2c(I)cc(C=O)cc2I)cc1.O=Cc1cc(I)c(O)c(I)c1.c1ccc([S+](c2ccccc2)c2ccccc2)cc1.c1ccc([S+](c2ccccc2)c2ccccc2)cc1. The van der Waals surface area contributed by atoms with E-state index < -0.39 is 60.8 Å². The predicted molar refractivity (Wildman–Crippen MR) is 406 cm³/mol. The maximum Gasteiger partial charge on any atom is 0.404 e. The fourth-order valence-electron chi connectivity index (χ4n) is 8.02. The van der Waals surface area contributed by atoms with Gasteiger partial charge < -0.3 is 24.4 Å². The maximum absolute atomic E-state index is 13.2. The minimum atomic E-state index is -4.95. The molecular weight excluding hydrogens is 1830 g/mol. The summed E-state index contributed by atoms with van der Waals surface area (Å²) >= 11 is 7.81. The van der Waals surface area contributed by atoms with Crippen molar-refractivity contribution in [1.82, 2.24) is 0 Å². The Morgan fingerprint density at radius 1 is 0.441 bits per heavy atom. The number of phenols is 1. The second-order valence-electron chi connectivity index (χ2n) is 20.8. The van der Waals surface area contributed by atoms with Gasteiger partial charge in [-0.1, -0.05) is 133 Å². The van der Waals surface area contributed by atoms with Crippen LogP contribution in [0.25, 0.3) is 0 Å². The Balaban J connectivity index is 0.000000233. The molecule has 10 rings (SSSR count). The molecular formula is C76H59F8I4NO11S2+2. The average Bonchev–Trinajstić information content (AvgIpc) is 0.835. The highest BCUT2D eigenvalue weighted by molar-refractivity contribution is 14.1. The topological polar surface area (TPSA) is 194 Å². The number of halogens is 12. The van der Waals surface area contributed by atoms with Crippen LogP contribution in [0.3, 0.4) is 0 Å². The monoisotopic (exact) mass is 1880 g/mol. The van der Waals surface area contributed by atoms with Crippen molar-refractivity contribution in [2.45, 2.75) is 87.0 Å². The number of carbonyl (C=O) groups is 6. The van der Waals surface area contributed by atoms with Gasteiger partial charge in [0.25, 0.3) is 0 Å². The van der Waals surface area contributed by atoms with Crippen LogP contribution in [0, 0.1) is 25.6 Å². The molecule has 2 N–H and O–H groups in total. The van der Waals surface area contributed by atoms with Gasteiger partial charge in [-0.2, -0.15) is 40.4 Å². The predicted octanol–water partition coefficient (Wildman–Crippen LogP) is 20.5. The third-order valence-corrected chi connectivity index (χ3v) is 20.9. The largest absolute Gasteiger partial charge is 0.506 e. The van der Waals surface area contributed by atoms with E-state index in [2.05, 4.69) is 191 Å². The summed E-state index contributed by atoms with van der Waals surface area (Å²) in [6.07, 6.45) is 1.43. The number of benzene rings is 10. The maximum atomic E-state index is 13.2. The molecule has 0 aliphatic carbocycles. The van der Waals surface area contributed by atoms with Crippen LogP contribution < -0.4 is 4.74 Å². The van der Waals surface area contributed by atoms with Crippen LogP contribution in [0.5, 0.6) is 11.5 Å². The summed E-state index contributed by atoms with van der Waals surface area (Å²) in [7, 11) is -0.0293. The Morgan fingerprint density at radius 2 is 0.686 bits per heavy atom. The molecule has 0 aliphatic heterocycles. The number of carbonyl (C=O) groups excluding carboxylic acids is 5. The number of esters is 3.